The predicted octanol–water partition coefficient (Wildman–Crippen LogP) is 15.4. The van der Waals surface area contributed by atoms with E-state index in [9.17, 15) is 0 Å². The molecule has 0 N–H and O–H groups in total. The van der Waals surface area contributed by atoms with Gasteiger partial charge in [0.2, 0.25) is 5.71 Å². The lowest BCUT2D eigenvalue weighted by atomic mass is 9.98. The van der Waals surface area contributed by atoms with Crippen LogP contribution in [0, 0.1) is 0 Å². The number of benzene rings is 9. The molecule has 0 radical (unpaired) electrons. The van der Waals surface area contributed by atoms with Crippen molar-refractivity contribution in [3.8, 4) is 27.9 Å². The van der Waals surface area contributed by atoms with Crippen LogP contribution in [0.25, 0.3) is 93.6 Å². The molecule has 12 aromatic rings. The molecular weight excluding hydrogens is 709 g/mol. The summed E-state index contributed by atoms with van der Waals surface area (Å²) < 4.78 is 15.8. The van der Waals surface area contributed by atoms with Crippen molar-refractivity contribution in [1.82, 2.24) is 4.57 Å². The zero-order valence-electron chi connectivity index (χ0n) is 31.3. The van der Waals surface area contributed by atoms with Crippen molar-refractivity contribution < 1.29 is 8.83 Å². The minimum Gasteiger partial charge on any atom is -0.454 e. The van der Waals surface area contributed by atoms with Gasteiger partial charge in [-0.2, -0.15) is 0 Å². The summed E-state index contributed by atoms with van der Waals surface area (Å²) in [7, 11) is 0. The summed E-state index contributed by atoms with van der Waals surface area (Å²) in [4.78, 5) is 2.31. The zero-order chi connectivity index (χ0) is 38.2. The highest BCUT2D eigenvalue weighted by Crippen LogP contribution is 2.45. The Bertz CT molecular complexity index is 3500. The summed E-state index contributed by atoms with van der Waals surface area (Å²) >= 11 is 0. The van der Waals surface area contributed by atoms with Crippen molar-refractivity contribution in [2.24, 2.45) is 0 Å². The monoisotopic (exact) mass is 742 g/mol. The third-order valence-electron chi connectivity index (χ3n) is 11.6. The van der Waals surface area contributed by atoms with Crippen molar-refractivity contribution in [2.75, 3.05) is 4.90 Å². The first kappa shape index (κ1) is 32.4. The first-order chi connectivity index (χ1) is 28.8. The fourth-order valence-corrected chi connectivity index (χ4v) is 8.88. The molecule has 9 aromatic carbocycles. The lowest BCUT2D eigenvalue weighted by Gasteiger charge is -2.26. The van der Waals surface area contributed by atoms with Gasteiger partial charge in [0.05, 0.1) is 16.6 Å². The summed E-state index contributed by atoms with van der Waals surface area (Å²) in [6, 6.07) is 73.0. The molecule has 0 aliphatic heterocycles. The smallest absolute Gasteiger partial charge is 0.213 e. The number of hydrogen-bond acceptors (Lipinski definition) is 3. The molecule has 0 saturated carbocycles. The van der Waals surface area contributed by atoms with E-state index in [1.807, 2.05) is 18.2 Å². The van der Waals surface area contributed by atoms with Crippen LogP contribution < -0.4 is 4.90 Å². The Labute approximate surface area is 334 Å². The number of para-hydroxylation sites is 5. The van der Waals surface area contributed by atoms with Crippen LogP contribution in [-0.2, 0) is 0 Å². The summed E-state index contributed by atoms with van der Waals surface area (Å²) in [6.07, 6.45) is 0. The standard InChI is InChI=1S/C54H34N2O2/c1-3-13-35(14-4-1)36-27-30-41(31-28-36)55(49-23-12-20-45-44-17-8-10-24-50(44)57-53(45)49)42-32-29-37-33-39(26-25-38(37)34-42)43-19-11-21-47-51-46-18-7-9-22-48(46)56(54(51)58-52(43)47)40-15-5-2-6-16-40/h1-34H. The zero-order valence-corrected chi connectivity index (χ0v) is 31.3. The average Bonchev–Trinajstić information content (AvgIpc) is 3.97. The molecule has 3 aromatic heterocycles. The third kappa shape index (κ3) is 5.02. The summed E-state index contributed by atoms with van der Waals surface area (Å²) in [5, 5.41) is 7.93. The van der Waals surface area contributed by atoms with E-state index in [1.165, 1.54) is 16.5 Å². The molecule has 4 heteroatoms. The minimum atomic E-state index is 0.858. The Kier molecular flexibility index (Phi) is 7.20. The molecule has 12 rings (SSSR count). The van der Waals surface area contributed by atoms with Crippen molar-refractivity contribution in [3.05, 3.63) is 206 Å². The van der Waals surface area contributed by atoms with Gasteiger partial charge >= 0.3 is 0 Å². The van der Waals surface area contributed by atoms with Gasteiger partial charge in [0.25, 0.3) is 0 Å². The summed E-state index contributed by atoms with van der Waals surface area (Å²) in [5.41, 5.74) is 13.3. The largest absolute Gasteiger partial charge is 0.454 e. The number of fused-ring (bicyclic) bond motifs is 9. The molecule has 0 saturated heterocycles. The molecule has 58 heavy (non-hydrogen) atoms. The van der Waals surface area contributed by atoms with E-state index in [-0.39, 0.29) is 0 Å². The van der Waals surface area contributed by atoms with Gasteiger partial charge in [-0.25, -0.2) is 0 Å². The molecule has 4 nitrogen and oxygen atoms in total. The van der Waals surface area contributed by atoms with Gasteiger partial charge in [-0.1, -0.05) is 146 Å². The van der Waals surface area contributed by atoms with Gasteiger partial charge in [-0.05, 0) is 88.1 Å². The normalized spacial score (nSPS) is 11.8. The molecule has 0 bridgehead atoms. The molecule has 0 unspecified atom stereocenters. The fourth-order valence-electron chi connectivity index (χ4n) is 8.88. The number of nitrogens with zero attached hydrogens (tertiary/aromatic N) is 2. The van der Waals surface area contributed by atoms with E-state index in [1.54, 1.807) is 0 Å². The molecule has 0 aliphatic carbocycles. The first-order valence-electron chi connectivity index (χ1n) is 19.7. The lowest BCUT2D eigenvalue weighted by Crippen LogP contribution is -2.10. The number of aromatic nitrogens is 1. The van der Waals surface area contributed by atoms with E-state index in [0.717, 1.165) is 94.2 Å². The van der Waals surface area contributed by atoms with Gasteiger partial charge in [0, 0.05) is 44.2 Å². The molecule has 3 heterocycles. The second-order valence-electron chi connectivity index (χ2n) is 14.9. The average molecular weight is 743 g/mol. The van der Waals surface area contributed by atoms with Crippen LogP contribution in [-0.4, -0.2) is 4.57 Å². The minimum absolute atomic E-state index is 0.858. The van der Waals surface area contributed by atoms with Gasteiger partial charge in [-0.15, -0.1) is 0 Å². The predicted molar refractivity (Wildman–Crippen MR) is 241 cm³/mol. The fraction of sp³-hybridized carbons (Fsp3) is 0. The highest BCUT2D eigenvalue weighted by atomic mass is 16.3. The van der Waals surface area contributed by atoms with E-state index in [4.69, 9.17) is 8.83 Å². The Morgan fingerprint density at radius 2 is 1.03 bits per heavy atom. The molecule has 0 spiro atoms. The maximum absolute atomic E-state index is 6.91. The maximum Gasteiger partial charge on any atom is 0.213 e. The number of furan rings is 2. The van der Waals surface area contributed by atoms with Crippen LogP contribution >= 0.6 is 0 Å². The lowest BCUT2D eigenvalue weighted by molar-refractivity contribution is 0.646. The quantitative estimate of drug-likeness (QED) is 0.170. The van der Waals surface area contributed by atoms with Crippen LogP contribution in [0.15, 0.2) is 215 Å². The van der Waals surface area contributed by atoms with Crippen LogP contribution in [0.2, 0.25) is 0 Å². The molecule has 0 fully saturated rings. The Hall–Kier alpha value is -7.82. The summed E-state index contributed by atoms with van der Waals surface area (Å²) in [6.45, 7) is 0. The van der Waals surface area contributed by atoms with Gasteiger partial charge in [-0.3, -0.25) is 4.57 Å². The number of anilines is 3. The van der Waals surface area contributed by atoms with Crippen molar-refractivity contribution in [3.63, 3.8) is 0 Å². The molecule has 0 aliphatic rings. The van der Waals surface area contributed by atoms with Gasteiger partial charge < -0.3 is 13.7 Å². The Morgan fingerprint density at radius 3 is 1.90 bits per heavy atom. The van der Waals surface area contributed by atoms with E-state index in [2.05, 4.69) is 198 Å². The second-order valence-corrected chi connectivity index (χ2v) is 14.9. The Morgan fingerprint density at radius 1 is 0.397 bits per heavy atom. The molecule has 0 amide bonds. The molecule has 272 valence electrons. The topological polar surface area (TPSA) is 34.5 Å². The van der Waals surface area contributed by atoms with Crippen LogP contribution in [0.3, 0.4) is 0 Å². The van der Waals surface area contributed by atoms with E-state index >= 15 is 0 Å². The second kappa shape index (κ2) is 12.9. The summed E-state index contributed by atoms with van der Waals surface area (Å²) in [5.74, 6) is 0. The highest BCUT2D eigenvalue weighted by Gasteiger charge is 2.22. The van der Waals surface area contributed by atoms with Gasteiger partial charge in [0.1, 0.15) is 11.2 Å². The SMILES string of the molecule is c1ccc(-c2ccc(N(c3ccc4cc(-c5cccc6c5oc5c6c6ccccc6n5-c5ccccc5)ccc4c3)c3cccc4c3oc3ccccc34)cc2)cc1. The molecule has 0 atom stereocenters. The van der Waals surface area contributed by atoms with E-state index in [0.29, 0.717) is 0 Å². The third-order valence-corrected chi connectivity index (χ3v) is 11.6. The first-order valence-corrected chi connectivity index (χ1v) is 19.7. The van der Waals surface area contributed by atoms with Crippen LogP contribution in [0.4, 0.5) is 17.1 Å². The van der Waals surface area contributed by atoms with E-state index < -0.39 is 0 Å². The highest BCUT2D eigenvalue weighted by molar-refractivity contribution is 6.22. The number of rotatable bonds is 6. The maximum atomic E-state index is 6.91. The van der Waals surface area contributed by atoms with Gasteiger partial charge in [0.15, 0.2) is 5.58 Å². The van der Waals surface area contributed by atoms with Crippen molar-refractivity contribution in [2.45, 2.75) is 0 Å². The van der Waals surface area contributed by atoms with Crippen molar-refractivity contribution in [1.29, 1.82) is 0 Å². The van der Waals surface area contributed by atoms with Crippen LogP contribution in [0.5, 0.6) is 0 Å². The number of hydrogen-bond donors (Lipinski definition) is 0. The Balaban J connectivity index is 0.997. The van der Waals surface area contributed by atoms with Crippen LogP contribution in [0.1, 0.15) is 0 Å². The molecular formula is C54H34N2O2. The van der Waals surface area contributed by atoms with Crippen molar-refractivity contribution >= 4 is 82.7 Å².